The first-order chi connectivity index (χ1) is 23.0. The summed E-state index contributed by atoms with van der Waals surface area (Å²) >= 11 is 2.12. The molecule has 0 spiro atoms. The van der Waals surface area contributed by atoms with Crippen LogP contribution in [0.4, 0.5) is 5.69 Å². The summed E-state index contributed by atoms with van der Waals surface area (Å²) in [7, 11) is 4.27. The van der Waals surface area contributed by atoms with Crippen molar-refractivity contribution in [1.29, 1.82) is 0 Å². The van der Waals surface area contributed by atoms with E-state index in [1.54, 1.807) is 5.56 Å². The van der Waals surface area contributed by atoms with Gasteiger partial charge in [-0.15, -0.1) is 37.5 Å². The third-order valence-electron chi connectivity index (χ3n) is 8.45. The Kier molecular flexibility index (Phi) is 18.6. The predicted molar refractivity (Wildman–Crippen MR) is 204 cm³/mol. The summed E-state index contributed by atoms with van der Waals surface area (Å²) in [5.74, 6) is 2.22. The maximum atomic E-state index is 5.74. The van der Waals surface area contributed by atoms with E-state index in [9.17, 15) is 0 Å². The SMILES string of the molecule is C#C.C#C.CCCCC1(CCCC)CCc2cc(N(C)C)ccc2SC1.c1ccc(OCc2ccc(C[n+]3ccccc3)cc2)cc1. The number of anilines is 1. The molecule has 4 aromatic rings. The van der Waals surface area contributed by atoms with Gasteiger partial charge in [0.05, 0.1) is 0 Å². The lowest BCUT2D eigenvalue weighted by molar-refractivity contribution is -0.688. The number of hydrogen-bond donors (Lipinski definition) is 0. The highest BCUT2D eigenvalue weighted by Gasteiger charge is 2.31. The van der Waals surface area contributed by atoms with Crippen molar-refractivity contribution in [3.63, 3.8) is 0 Å². The standard InChI is InChI=1S/C20H33NS.C19H18NO.2C2H2/c1-5-7-12-20(13-8-6-2)14-11-17-15-18(21(3)4)9-10-19(17)22-16-20;1-3-7-19(8-4-1)21-16-18-11-9-17(10-12-18)15-20-13-5-2-6-14-20;2*1-2/h9-10,15H,5-8,11-14,16H2,1-4H3;1-14H,15-16H2;2*1-2H/q;+1;;. The number of terminal acetylenes is 2. The molecular formula is C43H55N2OS+. The van der Waals surface area contributed by atoms with Crippen LogP contribution < -0.4 is 14.2 Å². The van der Waals surface area contributed by atoms with Gasteiger partial charge >= 0.3 is 0 Å². The third kappa shape index (κ3) is 13.6. The average Bonchev–Trinajstić information content (AvgIpc) is 3.32. The van der Waals surface area contributed by atoms with Crippen molar-refractivity contribution >= 4 is 17.4 Å². The summed E-state index contributed by atoms with van der Waals surface area (Å²) in [5.41, 5.74) is 5.96. The van der Waals surface area contributed by atoms with Gasteiger partial charge in [0.1, 0.15) is 12.4 Å². The quantitative estimate of drug-likeness (QED) is 0.112. The molecule has 0 bridgehead atoms. The molecule has 0 amide bonds. The van der Waals surface area contributed by atoms with E-state index in [1.807, 2.05) is 48.5 Å². The van der Waals surface area contributed by atoms with Gasteiger partial charge in [-0.1, -0.05) is 88.1 Å². The number of hydrogen-bond acceptors (Lipinski definition) is 3. The fourth-order valence-electron chi connectivity index (χ4n) is 5.68. The van der Waals surface area contributed by atoms with Crippen molar-refractivity contribution in [2.75, 3.05) is 24.7 Å². The van der Waals surface area contributed by atoms with Crippen molar-refractivity contribution in [3.8, 4) is 31.4 Å². The number of ether oxygens (including phenoxy) is 1. The zero-order chi connectivity index (χ0) is 34.3. The average molecular weight is 648 g/mol. The van der Waals surface area contributed by atoms with Gasteiger partial charge in [0.2, 0.25) is 0 Å². The maximum absolute atomic E-state index is 5.74. The summed E-state index contributed by atoms with van der Waals surface area (Å²) in [6.45, 7) is 6.15. The van der Waals surface area contributed by atoms with Crippen molar-refractivity contribution in [2.24, 2.45) is 5.41 Å². The third-order valence-corrected chi connectivity index (χ3v) is 9.92. The van der Waals surface area contributed by atoms with Gasteiger partial charge in [-0.05, 0) is 72.6 Å². The Hall–Kier alpha value is -4.12. The molecule has 5 rings (SSSR count). The predicted octanol–water partition coefficient (Wildman–Crippen LogP) is 10.3. The minimum absolute atomic E-state index is 0.577. The Morgan fingerprint density at radius 1 is 0.766 bits per heavy atom. The second kappa shape index (κ2) is 22.4. The van der Waals surface area contributed by atoms with E-state index in [1.165, 1.54) is 78.8 Å². The van der Waals surface area contributed by atoms with Gasteiger partial charge in [0, 0.05) is 48.1 Å². The zero-order valence-electron chi connectivity index (χ0n) is 29.1. The van der Waals surface area contributed by atoms with Gasteiger partial charge in [-0.25, -0.2) is 4.57 Å². The van der Waals surface area contributed by atoms with Crippen LogP contribution >= 0.6 is 11.8 Å². The second-order valence-corrected chi connectivity index (χ2v) is 13.2. The molecule has 1 aliphatic heterocycles. The zero-order valence-corrected chi connectivity index (χ0v) is 29.9. The first-order valence-corrected chi connectivity index (χ1v) is 17.8. The molecule has 0 saturated carbocycles. The molecule has 3 aromatic carbocycles. The molecule has 0 N–H and O–H groups in total. The molecule has 0 saturated heterocycles. The molecule has 47 heavy (non-hydrogen) atoms. The largest absolute Gasteiger partial charge is 0.489 e. The van der Waals surface area contributed by atoms with Crippen LogP contribution in [0.5, 0.6) is 5.75 Å². The summed E-state index contributed by atoms with van der Waals surface area (Å²) in [5, 5.41) is 0. The lowest BCUT2D eigenvalue weighted by atomic mass is 9.75. The van der Waals surface area contributed by atoms with E-state index in [2.05, 4.69) is 130 Å². The molecule has 1 aromatic heterocycles. The van der Waals surface area contributed by atoms with Crippen molar-refractivity contribution in [1.82, 2.24) is 0 Å². The highest BCUT2D eigenvalue weighted by Crippen LogP contribution is 2.45. The number of aryl methyl sites for hydroxylation is 1. The summed E-state index contributed by atoms with van der Waals surface area (Å²) in [6.07, 6.45) is 31.1. The summed E-state index contributed by atoms with van der Waals surface area (Å²) < 4.78 is 7.91. The molecule has 0 unspecified atom stereocenters. The monoisotopic (exact) mass is 647 g/mol. The molecule has 4 heteroatoms. The number of thioether (sulfide) groups is 1. The van der Waals surface area contributed by atoms with E-state index in [0.717, 1.165) is 12.3 Å². The second-order valence-electron chi connectivity index (χ2n) is 12.1. The number of para-hydroxylation sites is 1. The Labute approximate surface area is 290 Å². The molecule has 0 aliphatic carbocycles. The number of aromatic nitrogens is 1. The lowest BCUT2D eigenvalue weighted by Gasteiger charge is -2.32. The van der Waals surface area contributed by atoms with Crippen LogP contribution in [0.1, 0.15) is 75.5 Å². The fourth-order valence-corrected chi connectivity index (χ4v) is 7.09. The van der Waals surface area contributed by atoms with E-state index < -0.39 is 0 Å². The van der Waals surface area contributed by atoms with Crippen LogP contribution in [0.3, 0.4) is 0 Å². The Bertz CT molecular complexity index is 1410. The van der Waals surface area contributed by atoms with Gasteiger partial charge < -0.3 is 9.64 Å². The van der Waals surface area contributed by atoms with Crippen LogP contribution in [0.25, 0.3) is 0 Å². The fraction of sp³-hybridized carbons (Fsp3) is 0.372. The molecule has 248 valence electrons. The highest BCUT2D eigenvalue weighted by molar-refractivity contribution is 7.99. The Morgan fingerprint density at radius 3 is 1.96 bits per heavy atom. The van der Waals surface area contributed by atoms with Crippen LogP contribution in [0, 0.1) is 31.1 Å². The smallest absolute Gasteiger partial charge is 0.173 e. The molecule has 0 radical (unpaired) electrons. The Balaban J connectivity index is 0.000000296. The van der Waals surface area contributed by atoms with E-state index in [0.29, 0.717) is 12.0 Å². The number of benzene rings is 3. The van der Waals surface area contributed by atoms with Crippen molar-refractivity contribution in [3.05, 3.63) is 120 Å². The molecule has 3 nitrogen and oxygen atoms in total. The molecule has 0 fully saturated rings. The van der Waals surface area contributed by atoms with Crippen molar-refractivity contribution < 1.29 is 9.30 Å². The van der Waals surface area contributed by atoms with Crippen LogP contribution in [-0.4, -0.2) is 19.8 Å². The first-order valence-electron chi connectivity index (χ1n) is 16.8. The van der Waals surface area contributed by atoms with Crippen molar-refractivity contribution in [2.45, 2.75) is 83.3 Å². The minimum Gasteiger partial charge on any atom is -0.489 e. The van der Waals surface area contributed by atoms with Gasteiger partial charge in [0.25, 0.3) is 0 Å². The van der Waals surface area contributed by atoms with E-state index in [4.69, 9.17) is 4.74 Å². The first kappa shape index (κ1) is 39.1. The van der Waals surface area contributed by atoms with E-state index >= 15 is 0 Å². The van der Waals surface area contributed by atoms with Crippen LogP contribution in [0.15, 0.2) is 108 Å². The number of fused-ring (bicyclic) bond motifs is 1. The topological polar surface area (TPSA) is 16.4 Å². The summed E-state index contributed by atoms with van der Waals surface area (Å²) in [6, 6.07) is 31.6. The van der Waals surface area contributed by atoms with Gasteiger partial charge in [-0.3, -0.25) is 0 Å². The normalized spacial score (nSPS) is 12.6. The van der Waals surface area contributed by atoms with Gasteiger partial charge in [0.15, 0.2) is 18.9 Å². The number of pyridine rings is 1. The van der Waals surface area contributed by atoms with Crippen LogP contribution in [-0.2, 0) is 19.6 Å². The number of nitrogens with zero attached hydrogens (tertiary/aromatic N) is 2. The number of unbranched alkanes of at least 4 members (excludes halogenated alkanes) is 2. The van der Waals surface area contributed by atoms with Gasteiger partial charge in [-0.2, -0.15) is 0 Å². The Morgan fingerprint density at radius 2 is 1.36 bits per heavy atom. The van der Waals surface area contributed by atoms with Crippen LogP contribution in [0.2, 0.25) is 0 Å². The highest BCUT2D eigenvalue weighted by atomic mass is 32.2. The molecule has 2 heterocycles. The maximum Gasteiger partial charge on any atom is 0.173 e. The molecule has 0 atom stereocenters. The molecular weight excluding hydrogens is 593 g/mol. The van der Waals surface area contributed by atoms with E-state index in [-0.39, 0.29) is 0 Å². The lowest BCUT2D eigenvalue weighted by Crippen LogP contribution is -2.32. The number of rotatable bonds is 12. The minimum atomic E-state index is 0.577. The summed E-state index contributed by atoms with van der Waals surface area (Å²) in [4.78, 5) is 3.75. The molecule has 1 aliphatic rings.